The predicted octanol–water partition coefficient (Wildman–Crippen LogP) is 2.27. The number of rotatable bonds is 2. The summed E-state index contributed by atoms with van der Waals surface area (Å²) in [5, 5.41) is 2.45. The Bertz CT molecular complexity index is 1060. The summed E-state index contributed by atoms with van der Waals surface area (Å²) in [4.78, 5) is 28.7. The number of carbonyl (C=O) groups is 1. The van der Waals surface area contributed by atoms with Crippen molar-refractivity contribution in [2.24, 2.45) is 0 Å². The maximum absolute atomic E-state index is 13.0. The second-order valence-electron chi connectivity index (χ2n) is 5.19. The lowest BCUT2D eigenvalue weighted by Crippen LogP contribution is -2.26. The van der Waals surface area contributed by atoms with Crippen LogP contribution < -0.4 is 20.3 Å². The molecule has 2 aromatic heterocycles. The van der Waals surface area contributed by atoms with E-state index in [1.807, 2.05) is 0 Å². The fourth-order valence-corrected chi connectivity index (χ4v) is 2.41. The van der Waals surface area contributed by atoms with Crippen LogP contribution in [-0.2, 0) is 0 Å². The van der Waals surface area contributed by atoms with Crippen molar-refractivity contribution in [3.05, 3.63) is 64.7 Å². The molecule has 0 fully saturated rings. The lowest BCUT2D eigenvalue weighted by molar-refractivity contribution is -0.286. The Hall–Kier alpha value is -3.49. The molecule has 1 amide bonds. The van der Waals surface area contributed by atoms with E-state index in [1.54, 1.807) is 18.2 Å². The first-order chi connectivity index (χ1) is 11.9. The number of aromatic nitrogens is 2. The molecule has 1 aliphatic rings. The van der Waals surface area contributed by atoms with E-state index < -0.39 is 17.8 Å². The van der Waals surface area contributed by atoms with Gasteiger partial charge in [0.2, 0.25) is 0 Å². The summed E-state index contributed by atoms with van der Waals surface area (Å²) in [6.07, 6.45) is -1.09. The highest BCUT2D eigenvalue weighted by atomic mass is 19.3. The Kier molecular flexibility index (Phi) is 3.17. The van der Waals surface area contributed by atoms with Crippen LogP contribution in [0.3, 0.4) is 0 Å². The van der Waals surface area contributed by atoms with E-state index in [1.165, 1.54) is 28.8 Å². The van der Waals surface area contributed by atoms with Gasteiger partial charge in [-0.25, -0.2) is 4.98 Å². The van der Waals surface area contributed by atoms with Crippen molar-refractivity contribution in [2.75, 3.05) is 5.32 Å². The minimum atomic E-state index is -3.74. The third kappa shape index (κ3) is 2.65. The summed E-state index contributed by atoms with van der Waals surface area (Å²) in [6.45, 7) is 0. The van der Waals surface area contributed by atoms with Crippen LogP contribution in [0.5, 0.6) is 11.5 Å². The van der Waals surface area contributed by atoms with Gasteiger partial charge in [-0.3, -0.25) is 14.0 Å². The number of nitrogens with zero attached hydrogens (tertiary/aromatic N) is 2. The number of carbonyl (C=O) groups excluding carboxylic acids is 1. The number of pyridine rings is 1. The van der Waals surface area contributed by atoms with Gasteiger partial charge in [0, 0.05) is 24.1 Å². The molecule has 126 valence electrons. The highest BCUT2D eigenvalue weighted by Crippen LogP contribution is 2.42. The minimum absolute atomic E-state index is 0.143. The van der Waals surface area contributed by atoms with Crippen molar-refractivity contribution in [2.45, 2.75) is 6.29 Å². The molecule has 9 heteroatoms. The molecule has 0 unspecified atom stereocenters. The molecule has 0 saturated heterocycles. The lowest BCUT2D eigenvalue weighted by Gasteiger charge is -2.06. The molecular weight excluding hydrogens is 336 g/mol. The van der Waals surface area contributed by atoms with Crippen LogP contribution in [0, 0.1) is 0 Å². The van der Waals surface area contributed by atoms with Crippen LogP contribution in [0.2, 0.25) is 0 Å². The minimum Gasteiger partial charge on any atom is -0.395 e. The van der Waals surface area contributed by atoms with Crippen LogP contribution >= 0.6 is 0 Å². The molecule has 1 N–H and O–H groups in total. The molecule has 7 nitrogen and oxygen atoms in total. The smallest absolute Gasteiger partial charge is 0.395 e. The van der Waals surface area contributed by atoms with Crippen LogP contribution in [0.1, 0.15) is 10.4 Å². The zero-order valence-electron chi connectivity index (χ0n) is 12.4. The number of benzene rings is 1. The monoisotopic (exact) mass is 345 g/mol. The van der Waals surface area contributed by atoms with Gasteiger partial charge in [0.25, 0.3) is 11.5 Å². The van der Waals surface area contributed by atoms with E-state index in [4.69, 9.17) is 0 Å². The molecule has 4 rings (SSSR count). The molecule has 25 heavy (non-hydrogen) atoms. The molecule has 0 spiro atoms. The molecule has 3 heterocycles. The summed E-state index contributed by atoms with van der Waals surface area (Å²) in [5.74, 6) is -1.08. The first-order valence-electron chi connectivity index (χ1n) is 7.11. The molecule has 1 aliphatic heterocycles. The number of anilines is 1. The average Bonchev–Trinajstić information content (AvgIpc) is 2.88. The molecular formula is C16H9F2N3O4. The molecule has 0 bridgehead atoms. The molecule has 0 aliphatic carbocycles. The van der Waals surface area contributed by atoms with Crippen LogP contribution in [0.4, 0.5) is 14.5 Å². The maximum atomic E-state index is 13.0. The fourth-order valence-electron chi connectivity index (χ4n) is 2.41. The maximum Gasteiger partial charge on any atom is 0.586 e. The highest BCUT2D eigenvalue weighted by molar-refractivity contribution is 6.04. The van der Waals surface area contributed by atoms with Crippen molar-refractivity contribution in [1.82, 2.24) is 9.38 Å². The van der Waals surface area contributed by atoms with Crippen molar-refractivity contribution < 1.29 is 23.0 Å². The van der Waals surface area contributed by atoms with E-state index in [2.05, 4.69) is 19.8 Å². The van der Waals surface area contributed by atoms with Crippen LogP contribution in [-0.4, -0.2) is 21.6 Å². The van der Waals surface area contributed by atoms with Gasteiger partial charge in [-0.2, -0.15) is 0 Å². The number of hydrogen-bond donors (Lipinski definition) is 1. The molecule has 1 aromatic carbocycles. The highest BCUT2D eigenvalue weighted by Gasteiger charge is 2.43. The van der Waals surface area contributed by atoms with Crippen molar-refractivity contribution >= 4 is 17.2 Å². The Labute approximate surface area is 138 Å². The van der Waals surface area contributed by atoms with Gasteiger partial charge in [0.1, 0.15) is 11.2 Å². The summed E-state index contributed by atoms with van der Waals surface area (Å²) in [7, 11) is 0. The quantitative estimate of drug-likeness (QED) is 0.770. The SMILES string of the molecule is O=C(Nc1ccc2c(c1)OC(F)(F)O2)c1cnc2ccccn2c1=O. The normalized spacial score (nSPS) is 14.5. The van der Waals surface area contributed by atoms with Gasteiger partial charge in [-0.15, -0.1) is 8.78 Å². The summed E-state index contributed by atoms with van der Waals surface area (Å²) in [5.41, 5.74) is -0.168. The summed E-state index contributed by atoms with van der Waals surface area (Å²) >= 11 is 0. The average molecular weight is 345 g/mol. The van der Waals surface area contributed by atoms with Gasteiger partial charge in [0.05, 0.1) is 0 Å². The number of amides is 1. The third-order valence-corrected chi connectivity index (χ3v) is 3.52. The zero-order chi connectivity index (χ0) is 17.6. The molecule has 3 aromatic rings. The zero-order valence-corrected chi connectivity index (χ0v) is 12.4. The van der Waals surface area contributed by atoms with Crippen molar-refractivity contribution in [3.63, 3.8) is 0 Å². The largest absolute Gasteiger partial charge is 0.586 e. The Morgan fingerprint density at radius 2 is 1.96 bits per heavy atom. The Balaban J connectivity index is 1.63. The van der Waals surface area contributed by atoms with Crippen molar-refractivity contribution in [3.8, 4) is 11.5 Å². The van der Waals surface area contributed by atoms with Gasteiger partial charge in [-0.1, -0.05) is 6.07 Å². The molecule has 0 radical (unpaired) electrons. The number of alkyl halides is 2. The summed E-state index contributed by atoms with van der Waals surface area (Å²) in [6, 6.07) is 8.74. The number of nitrogens with one attached hydrogen (secondary N) is 1. The first-order valence-corrected chi connectivity index (χ1v) is 7.11. The lowest BCUT2D eigenvalue weighted by atomic mass is 10.2. The second-order valence-corrected chi connectivity index (χ2v) is 5.19. The van der Waals surface area contributed by atoms with Gasteiger partial charge in [-0.05, 0) is 24.3 Å². The number of halogens is 2. The van der Waals surface area contributed by atoms with E-state index in [-0.39, 0.29) is 22.7 Å². The van der Waals surface area contributed by atoms with Gasteiger partial charge < -0.3 is 14.8 Å². The van der Waals surface area contributed by atoms with Crippen LogP contribution in [0.25, 0.3) is 5.65 Å². The predicted molar refractivity (Wildman–Crippen MR) is 82.1 cm³/mol. The standard InChI is InChI=1S/C16H9F2N3O4/c17-16(18)24-11-5-4-9(7-12(11)25-16)20-14(22)10-8-19-13-3-1-2-6-21(13)15(10)23/h1-8H,(H,20,22). The van der Waals surface area contributed by atoms with Gasteiger partial charge in [0.15, 0.2) is 11.5 Å². The third-order valence-electron chi connectivity index (χ3n) is 3.52. The van der Waals surface area contributed by atoms with E-state index >= 15 is 0 Å². The fraction of sp³-hybridized carbons (Fsp3) is 0.0625. The first kappa shape index (κ1) is 15.1. The van der Waals surface area contributed by atoms with E-state index in [0.29, 0.717) is 5.65 Å². The molecule has 0 atom stereocenters. The van der Waals surface area contributed by atoms with Gasteiger partial charge >= 0.3 is 6.29 Å². The second kappa shape index (κ2) is 5.26. The van der Waals surface area contributed by atoms with Crippen molar-refractivity contribution in [1.29, 1.82) is 0 Å². The summed E-state index contributed by atoms with van der Waals surface area (Å²) < 4.78 is 35.9. The number of hydrogen-bond acceptors (Lipinski definition) is 5. The van der Waals surface area contributed by atoms with E-state index in [9.17, 15) is 18.4 Å². The topological polar surface area (TPSA) is 81.9 Å². The van der Waals surface area contributed by atoms with E-state index in [0.717, 1.165) is 6.20 Å². The Morgan fingerprint density at radius 3 is 2.80 bits per heavy atom. The number of ether oxygens (including phenoxy) is 2. The van der Waals surface area contributed by atoms with Crippen LogP contribution in [0.15, 0.2) is 53.6 Å². The number of fused-ring (bicyclic) bond motifs is 2. The Morgan fingerprint density at radius 1 is 1.16 bits per heavy atom. The molecule has 0 saturated carbocycles.